The number of nitrogens with zero attached hydrogens (tertiary/aromatic N) is 4. The Morgan fingerprint density at radius 3 is 2.59 bits per heavy atom. The van der Waals surface area contributed by atoms with E-state index < -0.39 is 0 Å². The van der Waals surface area contributed by atoms with E-state index in [1.807, 2.05) is 0 Å². The maximum atomic E-state index is 4.81. The molecule has 4 heteroatoms. The number of fused-ring (bicyclic) bond motifs is 1. The second kappa shape index (κ2) is 4.41. The summed E-state index contributed by atoms with van der Waals surface area (Å²) in [6.45, 7) is 5.71. The van der Waals surface area contributed by atoms with Gasteiger partial charge in [0, 0.05) is 18.4 Å². The van der Waals surface area contributed by atoms with Crippen molar-refractivity contribution < 1.29 is 0 Å². The summed E-state index contributed by atoms with van der Waals surface area (Å²) in [7, 11) is 2.20. The lowest BCUT2D eigenvalue weighted by Gasteiger charge is -2.27. The highest BCUT2D eigenvalue weighted by atomic mass is 15.4. The van der Waals surface area contributed by atoms with Gasteiger partial charge in [-0.25, -0.2) is 9.67 Å². The standard InChI is InChI=1S/C13H22N4/c1-10-4-3-7-17-13(10)14-12(15-17)11-5-8-16(2)9-6-11/h10-11H,3-9H2,1-2H3. The number of piperidine rings is 1. The van der Waals surface area contributed by atoms with Crippen molar-refractivity contribution in [3.05, 3.63) is 11.6 Å². The van der Waals surface area contributed by atoms with E-state index in [-0.39, 0.29) is 0 Å². The molecular formula is C13H22N4. The van der Waals surface area contributed by atoms with Crippen LogP contribution in [0.25, 0.3) is 0 Å². The van der Waals surface area contributed by atoms with E-state index in [4.69, 9.17) is 10.1 Å². The Balaban J connectivity index is 1.80. The fourth-order valence-electron chi connectivity index (χ4n) is 3.02. The van der Waals surface area contributed by atoms with E-state index in [2.05, 4.69) is 23.6 Å². The maximum absolute atomic E-state index is 4.81. The largest absolute Gasteiger partial charge is 0.306 e. The van der Waals surface area contributed by atoms with Crippen LogP contribution in [0.15, 0.2) is 0 Å². The van der Waals surface area contributed by atoms with Crippen molar-refractivity contribution in [3.63, 3.8) is 0 Å². The van der Waals surface area contributed by atoms with Gasteiger partial charge in [-0.1, -0.05) is 6.92 Å². The van der Waals surface area contributed by atoms with Crippen LogP contribution in [0.3, 0.4) is 0 Å². The minimum absolute atomic E-state index is 0.594. The predicted octanol–water partition coefficient (Wildman–Crippen LogP) is 1.98. The van der Waals surface area contributed by atoms with Gasteiger partial charge in [-0.15, -0.1) is 0 Å². The molecule has 1 aromatic rings. The molecule has 1 unspecified atom stereocenters. The van der Waals surface area contributed by atoms with Crippen LogP contribution in [-0.4, -0.2) is 39.8 Å². The minimum atomic E-state index is 0.594. The van der Waals surface area contributed by atoms with Gasteiger partial charge in [0.2, 0.25) is 0 Å². The molecule has 17 heavy (non-hydrogen) atoms. The molecule has 2 aliphatic heterocycles. The van der Waals surface area contributed by atoms with Gasteiger partial charge in [-0.2, -0.15) is 5.10 Å². The Hall–Kier alpha value is -0.900. The van der Waals surface area contributed by atoms with E-state index in [1.165, 1.54) is 44.6 Å². The smallest absolute Gasteiger partial charge is 0.154 e. The summed E-state index contributed by atoms with van der Waals surface area (Å²) in [5, 5.41) is 4.74. The Bertz CT molecular complexity index is 390. The second-order valence-corrected chi connectivity index (χ2v) is 5.67. The predicted molar refractivity (Wildman–Crippen MR) is 67.1 cm³/mol. The minimum Gasteiger partial charge on any atom is -0.306 e. The SMILES string of the molecule is CC1CCCn2nc(C3CCN(C)CC3)nc21. The molecule has 0 amide bonds. The summed E-state index contributed by atoms with van der Waals surface area (Å²) in [6, 6.07) is 0. The molecule has 0 bridgehead atoms. The molecule has 1 aromatic heterocycles. The molecule has 3 heterocycles. The van der Waals surface area contributed by atoms with Gasteiger partial charge in [-0.05, 0) is 45.8 Å². The summed E-state index contributed by atoms with van der Waals surface area (Å²) in [6.07, 6.45) is 4.96. The molecular weight excluding hydrogens is 212 g/mol. The lowest BCUT2D eigenvalue weighted by Crippen LogP contribution is -2.29. The van der Waals surface area contributed by atoms with Crippen LogP contribution in [0.4, 0.5) is 0 Å². The zero-order chi connectivity index (χ0) is 11.8. The molecule has 0 aromatic carbocycles. The zero-order valence-corrected chi connectivity index (χ0v) is 10.9. The summed E-state index contributed by atoms with van der Waals surface area (Å²) in [4.78, 5) is 7.21. The third-order valence-electron chi connectivity index (χ3n) is 4.25. The Morgan fingerprint density at radius 1 is 1.12 bits per heavy atom. The van der Waals surface area contributed by atoms with E-state index in [0.717, 1.165) is 12.4 Å². The second-order valence-electron chi connectivity index (χ2n) is 5.67. The van der Waals surface area contributed by atoms with Crippen LogP contribution >= 0.6 is 0 Å². The van der Waals surface area contributed by atoms with Gasteiger partial charge in [-0.3, -0.25) is 0 Å². The van der Waals surface area contributed by atoms with Crippen LogP contribution in [0.2, 0.25) is 0 Å². The van der Waals surface area contributed by atoms with Gasteiger partial charge in [0.15, 0.2) is 5.82 Å². The first kappa shape index (κ1) is 11.2. The third kappa shape index (κ3) is 2.10. The maximum Gasteiger partial charge on any atom is 0.154 e. The Labute approximate surface area is 103 Å². The van der Waals surface area contributed by atoms with Crippen molar-refractivity contribution in [2.75, 3.05) is 20.1 Å². The van der Waals surface area contributed by atoms with Crippen LogP contribution in [-0.2, 0) is 6.54 Å². The summed E-state index contributed by atoms with van der Waals surface area (Å²) in [5.41, 5.74) is 0. The summed E-state index contributed by atoms with van der Waals surface area (Å²) >= 11 is 0. The van der Waals surface area contributed by atoms with Crippen molar-refractivity contribution in [2.24, 2.45) is 0 Å². The molecule has 0 aliphatic carbocycles. The zero-order valence-electron chi connectivity index (χ0n) is 10.9. The van der Waals surface area contributed by atoms with Gasteiger partial charge in [0.25, 0.3) is 0 Å². The lowest BCUT2D eigenvalue weighted by atomic mass is 9.96. The Kier molecular flexibility index (Phi) is 2.90. The molecule has 0 saturated carbocycles. The number of rotatable bonds is 1. The molecule has 1 fully saturated rings. The Morgan fingerprint density at radius 2 is 1.88 bits per heavy atom. The quantitative estimate of drug-likeness (QED) is 0.745. The number of hydrogen-bond donors (Lipinski definition) is 0. The first-order valence-corrected chi connectivity index (χ1v) is 6.87. The van der Waals surface area contributed by atoms with Gasteiger partial charge in [0.1, 0.15) is 5.82 Å². The molecule has 0 spiro atoms. The van der Waals surface area contributed by atoms with Crippen LogP contribution in [0.5, 0.6) is 0 Å². The highest BCUT2D eigenvalue weighted by Gasteiger charge is 2.26. The molecule has 3 rings (SSSR count). The lowest BCUT2D eigenvalue weighted by molar-refractivity contribution is 0.251. The first-order valence-electron chi connectivity index (χ1n) is 6.87. The van der Waals surface area contributed by atoms with Gasteiger partial charge < -0.3 is 4.90 Å². The fraction of sp³-hybridized carbons (Fsp3) is 0.846. The third-order valence-corrected chi connectivity index (χ3v) is 4.25. The van der Waals surface area contributed by atoms with Crippen LogP contribution < -0.4 is 0 Å². The first-order chi connectivity index (χ1) is 8.24. The molecule has 2 aliphatic rings. The van der Waals surface area contributed by atoms with Crippen LogP contribution in [0.1, 0.15) is 56.1 Å². The molecule has 1 atom stereocenters. The average Bonchev–Trinajstić information content (AvgIpc) is 2.75. The fourth-order valence-corrected chi connectivity index (χ4v) is 3.02. The monoisotopic (exact) mass is 234 g/mol. The van der Waals surface area contributed by atoms with Gasteiger partial charge in [0.05, 0.1) is 0 Å². The van der Waals surface area contributed by atoms with Crippen molar-refractivity contribution in [2.45, 2.75) is 51.0 Å². The normalized spacial score (nSPS) is 27.1. The number of aromatic nitrogens is 3. The molecule has 1 saturated heterocycles. The van der Waals surface area contributed by atoms with E-state index in [9.17, 15) is 0 Å². The molecule has 94 valence electrons. The van der Waals surface area contributed by atoms with E-state index >= 15 is 0 Å². The molecule has 4 nitrogen and oxygen atoms in total. The average molecular weight is 234 g/mol. The van der Waals surface area contributed by atoms with Crippen molar-refractivity contribution in [1.82, 2.24) is 19.7 Å². The highest BCUT2D eigenvalue weighted by molar-refractivity contribution is 5.06. The van der Waals surface area contributed by atoms with E-state index in [1.54, 1.807) is 0 Å². The van der Waals surface area contributed by atoms with Gasteiger partial charge >= 0.3 is 0 Å². The van der Waals surface area contributed by atoms with Crippen LogP contribution in [0, 0.1) is 0 Å². The number of likely N-dealkylation sites (tertiary alicyclic amines) is 1. The van der Waals surface area contributed by atoms with Crippen molar-refractivity contribution in [3.8, 4) is 0 Å². The number of hydrogen-bond acceptors (Lipinski definition) is 3. The number of aryl methyl sites for hydroxylation is 1. The molecule has 0 radical (unpaired) electrons. The summed E-state index contributed by atoms with van der Waals surface area (Å²) < 4.78 is 2.15. The summed E-state index contributed by atoms with van der Waals surface area (Å²) in [5.74, 6) is 3.53. The van der Waals surface area contributed by atoms with E-state index in [0.29, 0.717) is 11.8 Å². The molecule has 0 N–H and O–H groups in total. The van der Waals surface area contributed by atoms with Crippen molar-refractivity contribution >= 4 is 0 Å². The van der Waals surface area contributed by atoms with Crippen molar-refractivity contribution in [1.29, 1.82) is 0 Å². The topological polar surface area (TPSA) is 34.0 Å². The highest BCUT2D eigenvalue weighted by Crippen LogP contribution is 2.29.